The molecule has 1 aliphatic rings. The predicted octanol–water partition coefficient (Wildman–Crippen LogP) is 1.64. The van der Waals surface area contributed by atoms with Crippen LogP contribution < -0.4 is 16.0 Å². The highest BCUT2D eigenvalue weighted by atomic mass is 16.5. The maximum Gasteiger partial charge on any atom is 0.407 e. The van der Waals surface area contributed by atoms with Crippen LogP contribution in [0, 0.1) is 0 Å². The van der Waals surface area contributed by atoms with E-state index in [1.54, 1.807) is 0 Å². The van der Waals surface area contributed by atoms with E-state index >= 15 is 0 Å². The van der Waals surface area contributed by atoms with E-state index in [4.69, 9.17) is 5.73 Å². The number of ether oxygens (including phenoxy) is 1. The number of methoxy groups -OCH3 is 1. The molecule has 1 fully saturated rings. The Balaban J connectivity index is 1.95. The predicted molar refractivity (Wildman–Crippen MR) is 75.2 cm³/mol. The third-order valence-corrected chi connectivity index (χ3v) is 3.48. The standard InChI is InChI=1S/C14H21N3O2/c1-10(15)11-3-5-13(6-4-11)17-8-7-12(9-17)16-14(18)19-2/h3-6,10,12H,7-9,15H2,1-2H3,(H,16,18)/t10-,12?/m0/s1. The zero-order valence-electron chi connectivity index (χ0n) is 11.4. The highest BCUT2D eigenvalue weighted by molar-refractivity contribution is 5.67. The number of nitrogens with two attached hydrogens (primary N) is 1. The number of hydrogen-bond donors (Lipinski definition) is 2. The largest absolute Gasteiger partial charge is 0.453 e. The SMILES string of the molecule is COC(=O)NC1CCN(c2ccc([C@H](C)N)cc2)C1. The third-order valence-electron chi connectivity index (χ3n) is 3.48. The van der Waals surface area contributed by atoms with Gasteiger partial charge in [-0.25, -0.2) is 4.79 Å². The molecule has 1 aliphatic heterocycles. The number of nitrogens with one attached hydrogen (secondary N) is 1. The summed E-state index contributed by atoms with van der Waals surface area (Å²) in [4.78, 5) is 13.4. The molecule has 2 rings (SSSR count). The van der Waals surface area contributed by atoms with E-state index in [2.05, 4.69) is 39.2 Å². The zero-order valence-corrected chi connectivity index (χ0v) is 11.4. The number of nitrogens with zero attached hydrogens (tertiary/aromatic N) is 1. The van der Waals surface area contributed by atoms with Crippen LogP contribution in [0.2, 0.25) is 0 Å². The summed E-state index contributed by atoms with van der Waals surface area (Å²) in [6, 6.07) is 8.49. The second kappa shape index (κ2) is 5.93. The van der Waals surface area contributed by atoms with Gasteiger partial charge in [0.25, 0.3) is 0 Å². The molecule has 1 aromatic rings. The zero-order chi connectivity index (χ0) is 13.8. The highest BCUT2D eigenvalue weighted by Crippen LogP contribution is 2.22. The molecule has 0 aliphatic carbocycles. The molecule has 0 radical (unpaired) electrons. The van der Waals surface area contributed by atoms with Gasteiger partial charge in [-0.15, -0.1) is 0 Å². The highest BCUT2D eigenvalue weighted by Gasteiger charge is 2.24. The second-order valence-corrected chi connectivity index (χ2v) is 4.95. The fourth-order valence-electron chi connectivity index (χ4n) is 2.33. The summed E-state index contributed by atoms with van der Waals surface area (Å²) in [6.45, 7) is 3.72. The van der Waals surface area contributed by atoms with Crippen molar-refractivity contribution in [1.82, 2.24) is 5.32 Å². The van der Waals surface area contributed by atoms with Crippen molar-refractivity contribution >= 4 is 11.8 Å². The van der Waals surface area contributed by atoms with Gasteiger partial charge < -0.3 is 20.7 Å². The lowest BCUT2D eigenvalue weighted by molar-refractivity contribution is 0.167. The van der Waals surface area contributed by atoms with E-state index in [9.17, 15) is 4.79 Å². The number of hydrogen-bond acceptors (Lipinski definition) is 4. The molecular weight excluding hydrogens is 242 g/mol. The van der Waals surface area contributed by atoms with Crippen molar-refractivity contribution in [1.29, 1.82) is 0 Å². The maximum atomic E-state index is 11.2. The van der Waals surface area contributed by atoms with Gasteiger partial charge in [0.1, 0.15) is 0 Å². The fourth-order valence-corrected chi connectivity index (χ4v) is 2.33. The third kappa shape index (κ3) is 3.38. The molecule has 0 aromatic heterocycles. The molecule has 0 saturated carbocycles. The Morgan fingerprint density at radius 1 is 1.47 bits per heavy atom. The van der Waals surface area contributed by atoms with E-state index < -0.39 is 0 Å². The molecule has 3 N–H and O–H groups in total. The van der Waals surface area contributed by atoms with E-state index in [0.29, 0.717) is 0 Å². The Bertz CT molecular complexity index is 431. The maximum absolute atomic E-state index is 11.2. The lowest BCUT2D eigenvalue weighted by Gasteiger charge is -2.19. The Labute approximate surface area is 113 Å². The monoisotopic (exact) mass is 263 g/mol. The first kappa shape index (κ1) is 13.7. The van der Waals surface area contributed by atoms with Crippen LogP contribution in [0.15, 0.2) is 24.3 Å². The second-order valence-electron chi connectivity index (χ2n) is 4.95. The number of alkyl carbamates (subject to hydrolysis) is 1. The smallest absolute Gasteiger partial charge is 0.407 e. The molecule has 104 valence electrons. The molecule has 0 spiro atoms. The fraction of sp³-hybridized carbons (Fsp3) is 0.500. The molecule has 1 aromatic carbocycles. The van der Waals surface area contributed by atoms with Crippen LogP contribution in [0.25, 0.3) is 0 Å². The summed E-state index contributed by atoms with van der Waals surface area (Å²) in [7, 11) is 1.38. The molecule has 1 unspecified atom stereocenters. The minimum absolute atomic E-state index is 0.0568. The molecular formula is C14H21N3O2. The van der Waals surface area contributed by atoms with Gasteiger partial charge in [-0.1, -0.05) is 12.1 Å². The Kier molecular flexibility index (Phi) is 4.27. The number of carbonyl (C=O) groups excluding carboxylic acids is 1. The average molecular weight is 263 g/mol. The summed E-state index contributed by atoms with van der Waals surface area (Å²) in [6.07, 6.45) is 0.573. The van der Waals surface area contributed by atoms with Gasteiger partial charge in [-0.2, -0.15) is 0 Å². The summed E-state index contributed by atoms with van der Waals surface area (Å²) in [5.74, 6) is 0. The minimum Gasteiger partial charge on any atom is -0.453 e. The van der Waals surface area contributed by atoms with Crippen molar-refractivity contribution in [3.05, 3.63) is 29.8 Å². The van der Waals surface area contributed by atoms with E-state index in [0.717, 1.165) is 25.1 Å². The van der Waals surface area contributed by atoms with Gasteiger partial charge in [0.2, 0.25) is 0 Å². The summed E-state index contributed by atoms with van der Waals surface area (Å²) in [5, 5.41) is 2.84. The molecule has 5 nitrogen and oxygen atoms in total. The lowest BCUT2D eigenvalue weighted by Crippen LogP contribution is -2.36. The molecule has 1 amide bonds. The summed E-state index contributed by atoms with van der Waals surface area (Å²) >= 11 is 0. The minimum atomic E-state index is -0.362. The van der Waals surface area contributed by atoms with Crippen LogP contribution in [0.3, 0.4) is 0 Å². The number of amides is 1. The average Bonchev–Trinajstić information content (AvgIpc) is 2.87. The molecule has 19 heavy (non-hydrogen) atoms. The Morgan fingerprint density at radius 2 is 2.16 bits per heavy atom. The van der Waals surface area contributed by atoms with Crippen molar-refractivity contribution in [2.75, 3.05) is 25.1 Å². The van der Waals surface area contributed by atoms with Crippen molar-refractivity contribution < 1.29 is 9.53 Å². The van der Waals surface area contributed by atoms with Crippen LogP contribution in [0.5, 0.6) is 0 Å². The quantitative estimate of drug-likeness (QED) is 0.870. The number of anilines is 1. The Hall–Kier alpha value is -1.75. The number of benzene rings is 1. The van der Waals surface area contributed by atoms with Crippen LogP contribution >= 0.6 is 0 Å². The van der Waals surface area contributed by atoms with Crippen molar-refractivity contribution in [3.63, 3.8) is 0 Å². The first-order valence-corrected chi connectivity index (χ1v) is 6.55. The van der Waals surface area contributed by atoms with Gasteiger partial charge in [0, 0.05) is 24.8 Å². The van der Waals surface area contributed by atoms with Crippen LogP contribution in [0.4, 0.5) is 10.5 Å². The first-order valence-electron chi connectivity index (χ1n) is 6.55. The van der Waals surface area contributed by atoms with Crippen LogP contribution in [0.1, 0.15) is 24.9 Å². The van der Waals surface area contributed by atoms with Crippen molar-refractivity contribution in [3.8, 4) is 0 Å². The Morgan fingerprint density at radius 3 is 2.74 bits per heavy atom. The van der Waals surface area contributed by atoms with E-state index in [1.165, 1.54) is 12.8 Å². The first-order chi connectivity index (χ1) is 9.10. The molecule has 0 bridgehead atoms. The number of carbonyl (C=O) groups is 1. The van der Waals surface area contributed by atoms with E-state index in [-0.39, 0.29) is 18.2 Å². The van der Waals surface area contributed by atoms with Gasteiger partial charge in [-0.05, 0) is 31.0 Å². The van der Waals surface area contributed by atoms with Crippen LogP contribution in [-0.2, 0) is 4.74 Å². The van der Waals surface area contributed by atoms with Crippen LogP contribution in [-0.4, -0.2) is 32.3 Å². The molecule has 1 saturated heterocycles. The van der Waals surface area contributed by atoms with Crippen molar-refractivity contribution in [2.45, 2.75) is 25.4 Å². The van der Waals surface area contributed by atoms with E-state index in [1.807, 2.05) is 6.92 Å². The van der Waals surface area contributed by atoms with Gasteiger partial charge in [0.05, 0.1) is 13.2 Å². The number of rotatable bonds is 3. The molecule has 1 heterocycles. The van der Waals surface area contributed by atoms with Gasteiger partial charge in [0.15, 0.2) is 0 Å². The topological polar surface area (TPSA) is 67.6 Å². The van der Waals surface area contributed by atoms with Crippen molar-refractivity contribution in [2.24, 2.45) is 5.73 Å². The van der Waals surface area contributed by atoms with Gasteiger partial charge >= 0.3 is 6.09 Å². The molecule has 2 atom stereocenters. The lowest BCUT2D eigenvalue weighted by atomic mass is 10.1. The summed E-state index contributed by atoms with van der Waals surface area (Å²) in [5.41, 5.74) is 8.13. The normalized spacial score (nSPS) is 20.2. The van der Waals surface area contributed by atoms with Gasteiger partial charge in [-0.3, -0.25) is 0 Å². The summed E-state index contributed by atoms with van der Waals surface area (Å²) < 4.78 is 4.61. The molecule has 5 heteroatoms.